The first kappa shape index (κ1) is 12.9. The molecule has 0 atom stereocenters. The van der Waals surface area contributed by atoms with E-state index in [4.69, 9.17) is 0 Å². The van der Waals surface area contributed by atoms with Crippen LogP contribution in [0.5, 0.6) is 0 Å². The number of hydrogen-bond acceptors (Lipinski definition) is 3. The summed E-state index contributed by atoms with van der Waals surface area (Å²) in [7, 11) is 2.06. The second-order valence-electron chi connectivity index (χ2n) is 5.45. The Morgan fingerprint density at radius 3 is 2.58 bits per heavy atom. The molecule has 2 aliphatic heterocycles. The van der Waals surface area contributed by atoms with Crippen molar-refractivity contribution in [2.24, 2.45) is 0 Å². The molecule has 6 heteroatoms. The fraction of sp³-hybridized carbons (Fsp3) is 0.538. The molecule has 1 spiro atoms. The van der Waals surface area contributed by atoms with Crippen molar-refractivity contribution in [3.63, 3.8) is 0 Å². The van der Waals surface area contributed by atoms with Crippen molar-refractivity contribution in [3.05, 3.63) is 32.2 Å². The number of rotatable bonds is 0. The van der Waals surface area contributed by atoms with E-state index < -0.39 is 5.66 Å². The van der Waals surface area contributed by atoms with Crippen molar-refractivity contribution >= 4 is 21.8 Å². The summed E-state index contributed by atoms with van der Waals surface area (Å²) in [6, 6.07) is 1.72. The Balaban J connectivity index is 2.21. The lowest BCUT2D eigenvalue weighted by Crippen LogP contribution is -2.53. The number of nitrogens with one attached hydrogen (secondary N) is 1. The van der Waals surface area contributed by atoms with Gasteiger partial charge in [0.2, 0.25) is 0 Å². The average Bonchev–Trinajstić information content (AvgIpc) is 2.64. The molecule has 0 aliphatic carbocycles. The highest BCUT2D eigenvalue weighted by atomic mass is 79.9. The van der Waals surface area contributed by atoms with Crippen LogP contribution in [0.2, 0.25) is 0 Å². The van der Waals surface area contributed by atoms with Crippen LogP contribution in [0.15, 0.2) is 15.3 Å². The molecule has 1 aromatic heterocycles. The number of pyridine rings is 1. The normalized spacial score (nSPS) is 21.5. The van der Waals surface area contributed by atoms with Crippen molar-refractivity contribution in [1.29, 1.82) is 0 Å². The SMILES string of the molecule is Cc1cc(Br)c(=O)n2c1C(=O)NC21CCN(C)CC1. The lowest BCUT2D eigenvalue weighted by atomic mass is 9.97. The lowest BCUT2D eigenvalue weighted by molar-refractivity contribution is 0.0798. The first-order valence-corrected chi connectivity index (χ1v) is 7.18. The topological polar surface area (TPSA) is 54.3 Å². The van der Waals surface area contributed by atoms with Crippen molar-refractivity contribution in [3.8, 4) is 0 Å². The number of carbonyl (C=O) groups excluding carboxylic acids is 1. The van der Waals surface area contributed by atoms with Crippen LogP contribution in [0.1, 0.15) is 28.9 Å². The van der Waals surface area contributed by atoms with Crippen LogP contribution in [0.3, 0.4) is 0 Å². The highest BCUT2D eigenvalue weighted by Crippen LogP contribution is 2.33. The Kier molecular flexibility index (Phi) is 2.83. The van der Waals surface area contributed by atoms with E-state index >= 15 is 0 Å². The second kappa shape index (κ2) is 4.18. The smallest absolute Gasteiger partial charge is 0.270 e. The number of amides is 1. The van der Waals surface area contributed by atoms with Crippen LogP contribution in [0.4, 0.5) is 0 Å². The maximum Gasteiger partial charge on any atom is 0.270 e. The first-order valence-electron chi connectivity index (χ1n) is 6.38. The minimum atomic E-state index is -0.537. The van der Waals surface area contributed by atoms with Crippen LogP contribution in [0, 0.1) is 6.92 Å². The number of likely N-dealkylation sites (tertiary alicyclic amines) is 1. The molecular weight excluding hydrogens is 310 g/mol. The summed E-state index contributed by atoms with van der Waals surface area (Å²) in [6.07, 6.45) is 1.52. The maximum absolute atomic E-state index is 12.4. The Labute approximate surface area is 119 Å². The predicted octanol–water partition coefficient (Wildman–Crippen LogP) is 1.04. The number of carbonyl (C=O) groups is 1. The zero-order valence-corrected chi connectivity index (χ0v) is 12.6. The van der Waals surface area contributed by atoms with Gasteiger partial charge in [0, 0.05) is 25.9 Å². The van der Waals surface area contributed by atoms with Gasteiger partial charge < -0.3 is 10.2 Å². The molecule has 19 heavy (non-hydrogen) atoms. The molecule has 1 saturated heterocycles. The number of fused-ring (bicyclic) bond motifs is 2. The molecule has 3 rings (SSSR count). The highest BCUT2D eigenvalue weighted by molar-refractivity contribution is 9.10. The van der Waals surface area contributed by atoms with Gasteiger partial charge in [-0.3, -0.25) is 14.2 Å². The molecule has 1 amide bonds. The summed E-state index contributed by atoms with van der Waals surface area (Å²) >= 11 is 3.30. The first-order chi connectivity index (χ1) is 8.94. The van der Waals surface area contributed by atoms with Gasteiger partial charge in [0.05, 0.1) is 4.47 Å². The van der Waals surface area contributed by atoms with Gasteiger partial charge >= 0.3 is 0 Å². The lowest BCUT2D eigenvalue weighted by Gasteiger charge is -2.38. The van der Waals surface area contributed by atoms with Gasteiger partial charge in [-0.15, -0.1) is 0 Å². The molecule has 0 unspecified atom stereocenters. The van der Waals surface area contributed by atoms with Crippen molar-refractivity contribution in [2.45, 2.75) is 25.4 Å². The molecule has 1 N–H and O–H groups in total. The predicted molar refractivity (Wildman–Crippen MR) is 75.3 cm³/mol. The Morgan fingerprint density at radius 1 is 1.32 bits per heavy atom. The zero-order valence-electron chi connectivity index (χ0n) is 11.0. The van der Waals surface area contributed by atoms with Gasteiger partial charge in [-0.05, 0) is 41.5 Å². The summed E-state index contributed by atoms with van der Waals surface area (Å²) in [6.45, 7) is 3.61. The van der Waals surface area contributed by atoms with Gasteiger partial charge in [0.1, 0.15) is 11.4 Å². The van der Waals surface area contributed by atoms with Crippen molar-refractivity contribution in [2.75, 3.05) is 20.1 Å². The number of halogens is 1. The molecule has 102 valence electrons. The molecule has 0 aromatic carbocycles. The summed E-state index contributed by atoms with van der Waals surface area (Å²) in [5, 5.41) is 3.04. The summed E-state index contributed by atoms with van der Waals surface area (Å²) in [5.74, 6) is -0.133. The zero-order chi connectivity index (χ0) is 13.8. The molecule has 1 fully saturated rings. The van der Waals surface area contributed by atoms with E-state index in [0.29, 0.717) is 10.2 Å². The average molecular weight is 326 g/mol. The summed E-state index contributed by atoms with van der Waals surface area (Å²) < 4.78 is 2.19. The van der Waals surface area contributed by atoms with Gasteiger partial charge in [0.25, 0.3) is 11.5 Å². The molecule has 0 bridgehead atoms. The standard InChI is InChI=1S/C13H16BrN3O2/c1-8-7-9(14)12(19)17-10(8)11(18)15-13(17)3-5-16(2)6-4-13/h7H,3-6H2,1-2H3,(H,15,18). The Morgan fingerprint density at radius 2 is 1.95 bits per heavy atom. The monoisotopic (exact) mass is 325 g/mol. The van der Waals surface area contributed by atoms with E-state index in [-0.39, 0.29) is 11.5 Å². The third kappa shape index (κ3) is 1.77. The van der Waals surface area contributed by atoms with Crippen LogP contribution in [-0.2, 0) is 5.66 Å². The van der Waals surface area contributed by atoms with E-state index in [1.807, 2.05) is 6.92 Å². The quantitative estimate of drug-likeness (QED) is 0.775. The number of nitrogens with zero attached hydrogens (tertiary/aromatic N) is 2. The molecule has 0 saturated carbocycles. The van der Waals surface area contributed by atoms with Gasteiger partial charge in [0.15, 0.2) is 0 Å². The van der Waals surface area contributed by atoms with Crippen molar-refractivity contribution in [1.82, 2.24) is 14.8 Å². The number of hydrogen-bond donors (Lipinski definition) is 1. The number of aryl methyl sites for hydroxylation is 1. The molecule has 5 nitrogen and oxygen atoms in total. The molecule has 3 heterocycles. The fourth-order valence-corrected chi connectivity index (χ4v) is 3.58. The van der Waals surface area contributed by atoms with E-state index in [2.05, 4.69) is 33.2 Å². The van der Waals surface area contributed by atoms with Crippen LogP contribution < -0.4 is 10.9 Å². The van der Waals surface area contributed by atoms with Gasteiger partial charge in [-0.2, -0.15) is 0 Å². The molecule has 0 radical (unpaired) electrons. The Hall–Kier alpha value is -1.14. The summed E-state index contributed by atoms with van der Waals surface area (Å²) in [5.41, 5.74) is 0.686. The van der Waals surface area contributed by atoms with Crippen LogP contribution in [-0.4, -0.2) is 35.5 Å². The number of piperidine rings is 1. The third-order valence-electron chi connectivity index (χ3n) is 4.15. The highest BCUT2D eigenvalue weighted by Gasteiger charge is 2.45. The molecule has 1 aromatic rings. The maximum atomic E-state index is 12.4. The Bertz CT molecular complexity index is 615. The second-order valence-corrected chi connectivity index (χ2v) is 6.31. The fourth-order valence-electron chi connectivity index (χ4n) is 3.06. The van der Waals surface area contributed by atoms with Gasteiger partial charge in [-0.25, -0.2) is 0 Å². The minimum Gasteiger partial charge on any atom is -0.327 e. The van der Waals surface area contributed by atoms with Crippen LogP contribution in [0.25, 0.3) is 0 Å². The minimum absolute atomic E-state index is 0.122. The molecular formula is C13H16BrN3O2. The van der Waals surface area contributed by atoms with Gasteiger partial charge in [-0.1, -0.05) is 0 Å². The van der Waals surface area contributed by atoms with Crippen LogP contribution >= 0.6 is 15.9 Å². The summed E-state index contributed by atoms with van der Waals surface area (Å²) in [4.78, 5) is 26.8. The third-order valence-corrected chi connectivity index (χ3v) is 4.72. The van der Waals surface area contributed by atoms with E-state index in [1.165, 1.54) is 0 Å². The van der Waals surface area contributed by atoms with Crippen molar-refractivity contribution < 1.29 is 4.79 Å². The van der Waals surface area contributed by atoms with E-state index in [0.717, 1.165) is 31.5 Å². The number of aromatic nitrogens is 1. The largest absolute Gasteiger partial charge is 0.327 e. The van der Waals surface area contributed by atoms with E-state index in [1.54, 1.807) is 10.6 Å². The van der Waals surface area contributed by atoms with E-state index in [9.17, 15) is 9.59 Å². The molecule has 2 aliphatic rings.